The van der Waals surface area contributed by atoms with E-state index in [2.05, 4.69) is 0 Å². The van der Waals surface area contributed by atoms with E-state index in [0.717, 1.165) is 0 Å². The van der Waals surface area contributed by atoms with Gasteiger partial charge >= 0.3 is 0 Å². The van der Waals surface area contributed by atoms with Gasteiger partial charge in [0.1, 0.15) is 0 Å². The number of carbonyl (C=O) groups excluding carboxylic acids is 1. The summed E-state index contributed by atoms with van der Waals surface area (Å²) in [6.45, 7) is 3.84. The lowest BCUT2D eigenvalue weighted by molar-refractivity contribution is -0.111. The molecule has 1 rings (SSSR count). The van der Waals surface area contributed by atoms with E-state index in [1.54, 1.807) is 24.3 Å². The molecule has 1 aliphatic rings. The maximum atomic E-state index is 12.2. The van der Waals surface area contributed by atoms with Crippen molar-refractivity contribution in [2.24, 2.45) is 5.41 Å². The predicted octanol–water partition coefficient (Wildman–Crippen LogP) is 1.47. The Morgan fingerprint density at radius 2 is 2.10 bits per heavy atom. The van der Waals surface area contributed by atoms with Crippen LogP contribution in [0.25, 0.3) is 0 Å². The Kier molecular flexibility index (Phi) is 6.05. The van der Waals surface area contributed by atoms with Crippen molar-refractivity contribution < 1.29 is 19.2 Å². The number of aliphatic hydroxyl groups is 2. The molecule has 0 saturated carbocycles. The van der Waals surface area contributed by atoms with Gasteiger partial charge in [-0.3, -0.25) is 9.00 Å². The zero-order valence-electron chi connectivity index (χ0n) is 12.1. The lowest BCUT2D eigenvalue weighted by atomic mass is 9.87. The van der Waals surface area contributed by atoms with E-state index in [1.165, 1.54) is 6.26 Å². The van der Waals surface area contributed by atoms with Gasteiger partial charge in [-0.15, -0.1) is 0 Å². The standard InChI is InChI=1S/C15H22O4S/c1-15(2)10-13(20(3)19)14(18)12(15)8-4-6-11(17)7-5-9-16/h4,6,8,10-11,16-17H,5,7,9H2,1-3H3. The first-order chi connectivity index (χ1) is 9.29. The number of aliphatic hydroxyl groups excluding tert-OH is 2. The number of carbonyl (C=O) groups is 1. The zero-order valence-corrected chi connectivity index (χ0v) is 12.9. The second kappa shape index (κ2) is 7.11. The second-order valence-electron chi connectivity index (χ2n) is 5.41. The minimum Gasteiger partial charge on any atom is -0.396 e. The van der Waals surface area contributed by atoms with Crippen LogP contribution in [0.5, 0.6) is 0 Å². The van der Waals surface area contributed by atoms with Gasteiger partial charge < -0.3 is 10.2 Å². The molecule has 0 saturated heterocycles. The van der Waals surface area contributed by atoms with Gasteiger partial charge in [-0.1, -0.05) is 38.2 Å². The molecule has 5 heteroatoms. The first kappa shape index (κ1) is 17.0. The van der Waals surface area contributed by atoms with Crippen LogP contribution in [0.2, 0.25) is 0 Å². The van der Waals surface area contributed by atoms with Crippen molar-refractivity contribution >= 4 is 16.6 Å². The molecule has 112 valence electrons. The average Bonchev–Trinajstić information content (AvgIpc) is 2.59. The van der Waals surface area contributed by atoms with Gasteiger partial charge in [0, 0.05) is 23.9 Å². The van der Waals surface area contributed by atoms with Crippen molar-refractivity contribution in [1.29, 1.82) is 0 Å². The van der Waals surface area contributed by atoms with Crippen LogP contribution < -0.4 is 0 Å². The van der Waals surface area contributed by atoms with Crippen molar-refractivity contribution in [2.45, 2.75) is 32.8 Å². The molecule has 20 heavy (non-hydrogen) atoms. The van der Waals surface area contributed by atoms with Crippen LogP contribution in [0.3, 0.4) is 0 Å². The van der Waals surface area contributed by atoms with Gasteiger partial charge in [0.05, 0.1) is 21.8 Å². The van der Waals surface area contributed by atoms with Crippen molar-refractivity contribution in [3.63, 3.8) is 0 Å². The maximum absolute atomic E-state index is 12.2. The molecule has 1 aliphatic carbocycles. The van der Waals surface area contributed by atoms with Gasteiger partial charge in [0.15, 0.2) is 5.78 Å². The Labute approximate surface area is 122 Å². The molecule has 0 aliphatic heterocycles. The van der Waals surface area contributed by atoms with Crippen molar-refractivity contribution in [1.82, 2.24) is 0 Å². The van der Waals surface area contributed by atoms with Crippen LogP contribution in [0.1, 0.15) is 26.7 Å². The smallest absolute Gasteiger partial charge is 0.198 e. The van der Waals surface area contributed by atoms with E-state index in [1.807, 2.05) is 13.8 Å². The molecule has 0 radical (unpaired) electrons. The van der Waals surface area contributed by atoms with Crippen LogP contribution in [-0.2, 0) is 15.6 Å². The van der Waals surface area contributed by atoms with Crippen LogP contribution in [-0.4, -0.2) is 39.2 Å². The number of Topliss-reactive ketones (excluding diaryl/α,β-unsaturated/α-hetero) is 1. The third-order valence-electron chi connectivity index (χ3n) is 3.22. The van der Waals surface area contributed by atoms with Gasteiger partial charge in [-0.05, 0) is 12.8 Å². The number of hydrogen-bond acceptors (Lipinski definition) is 4. The highest BCUT2D eigenvalue weighted by Gasteiger charge is 2.36. The number of rotatable bonds is 6. The van der Waals surface area contributed by atoms with Crippen LogP contribution >= 0.6 is 0 Å². The maximum Gasteiger partial charge on any atom is 0.198 e. The third-order valence-corrected chi connectivity index (χ3v) is 4.14. The van der Waals surface area contributed by atoms with E-state index >= 15 is 0 Å². The monoisotopic (exact) mass is 298 g/mol. The molecule has 0 aromatic heterocycles. The van der Waals surface area contributed by atoms with E-state index in [0.29, 0.717) is 23.3 Å². The molecule has 0 amide bonds. The molecule has 2 atom stereocenters. The Balaban J connectivity index is 2.82. The summed E-state index contributed by atoms with van der Waals surface area (Å²) in [5.41, 5.74) is 0.131. The Hall–Kier alpha value is -1.04. The van der Waals surface area contributed by atoms with Gasteiger partial charge in [-0.2, -0.15) is 0 Å². The molecular weight excluding hydrogens is 276 g/mol. The largest absolute Gasteiger partial charge is 0.396 e. The Morgan fingerprint density at radius 3 is 2.60 bits per heavy atom. The number of hydrogen-bond donors (Lipinski definition) is 2. The first-order valence-electron chi connectivity index (χ1n) is 6.58. The fourth-order valence-corrected chi connectivity index (χ4v) is 2.91. The van der Waals surface area contributed by atoms with E-state index < -0.39 is 22.3 Å². The lowest BCUT2D eigenvalue weighted by Gasteiger charge is -2.15. The average molecular weight is 298 g/mol. The molecular formula is C15H22O4S. The van der Waals surface area contributed by atoms with Crippen molar-refractivity contribution in [3.05, 3.63) is 34.8 Å². The summed E-state index contributed by atoms with van der Waals surface area (Å²) in [7, 11) is -1.29. The molecule has 0 bridgehead atoms. The minimum atomic E-state index is -1.29. The third kappa shape index (κ3) is 4.23. The predicted molar refractivity (Wildman–Crippen MR) is 80.5 cm³/mol. The van der Waals surface area contributed by atoms with Crippen LogP contribution in [0, 0.1) is 5.41 Å². The normalized spacial score (nSPS) is 23.4. The second-order valence-corrected chi connectivity index (χ2v) is 6.76. The zero-order chi connectivity index (χ0) is 15.3. The summed E-state index contributed by atoms with van der Waals surface area (Å²) < 4.78 is 11.5. The highest BCUT2D eigenvalue weighted by molar-refractivity contribution is 7.89. The minimum absolute atomic E-state index is 0.0487. The van der Waals surface area contributed by atoms with Crippen molar-refractivity contribution in [3.8, 4) is 0 Å². The van der Waals surface area contributed by atoms with Gasteiger partial charge in [-0.25, -0.2) is 0 Å². The lowest BCUT2D eigenvalue weighted by Crippen LogP contribution is -2.12. The fourth-order valence-electron chi connectivity index (χ4n) is 2.08. The Morgan fingerprint density at radius 1 is 1.45 bits per heavy atom. The summed E-state index contributed by atoms with van der Waals surface area (Å²) in [6, 6.07) is 0. The van der Waals surface area contributed by atoms with E-state index in [9.17, 15) is 14.1 Å². The molecule has 0 heterocycles. The summed E-state index contributed by atoms with van der Waals surface area (Å²) in [5, 5.41) is 18.3. The van der Waals surface area contributed by atoms with Gasteiger partial charge in [0.25, 0.3) is 0 Å². The summed E-state index contributed by atoms with van der Waals surface area (Å²) in [4.78, 5) is 12.5. The SMILES string of the molecule is CS(=O)C1=CC(C)(C)C(=CC=CC(O)CCCO)C1=O. The van der Waals surface area contributed by atoms with Crippen molar-refractivity contribution in [2.75, 3.05) is 12.9 Å². The molecule has 0 spiro atoms. The molecule has 0 aromatic carbocycles. The molecule has 0 fully saturated rings. The summed E-state index contributed by atoms with van der Waals surface area (Å²) in [5.74, 6) is -0.190. The van der Waals surface area contributed by atoms with Crippen LogP contribution in [0.15, 0.2) is 34.8 Å². The summed E-state index contributed by atoms with van der Waals surface area (Å²) in [6.07, 6.45) is 8.53. The molecule has 4 nitrogen and oxygen atoms in total. The number of allylic oxidation sites excluding steroid dienone is 5. The summed E-state index contributed by atoms with van der Waals surface area (Å²) >= 11 is 0. The fraction of sp³-hybridized carbons (Fsp3) is 0.533. The first-order valence-corrected chi connectivity index (χ1v) is 8.14. The quantitative estimate of drug-likeness (QED) is 0.728. The molecule has 0 aromatic rings. The van der Waals surface area contributed by atoms with Gasteiger partial charge in [0.2, 0.25) is 0 Å². The molecule has 2 N–H and O–H groups in total. The topological polar surface area (TPSA) is 74.6 Å². The van der Waals surface area contributed by atoms with E-state index in [-0.39, 0.29) is 12.4 Å². The Bertz CT molecular complexity index is 486. The van der Waals surface area contributed by atoms with E-state index in [4.69, 9.17) is 5.11 Å². The highest BCUT2D eigenvalue weighted by atomic mass is 32.2. The molecule has 2 unspecified atom stereocenters. The highest BCUT2D eigenvalue weighted by Crippen LogP contribution is 2.38. The van der Waals surface area contributed by atoms with Crippen LogP contribution in [0.4, 0.5) is 0 Å². The number of ketones is 1.